The molecule has 4 aromatic carbocycles. The van der Waals surface area contributed by atoms with Gasteiger partial charge in [0.15, 0.2) is 11.2 Å². The van der Waals surface area contributed by atoms with Crippen LogP contribution in [-0.2, 0) is 36.7 Å². The fourth-order valence-electron chi connectivity index (χ4n) is 8.24. The lowest BCUT2D eigenvalue weighted by Gasteiger charge is -2.40. The maximum atomic E-state index is 14.1. The molecule has 0 radical (unpaired) electrons. The number of anilines is 1. The molecule has 13 nitrogen and oxygen atoms in total. The van der Waals surface area contributed by atoms with Crippen molar-refractivity contribution in [3.63, 3.8) is 0 Å². The van der Waals surface area contributed by atoms with Crippen LogP contribution in [0, 0.1) is 5.92 Å². The zero-order valence-electron chi connectivity index (χ0n) is 32.4. The number of benzene rings is 4. The summed E-state index contributed by atoms with van der Waals surface area (Å²) in [5, 5.41) is 31.5. The minimum atomic E-state index is -2.01. The first kappa shape index (κ1) is 40.9. The Morgan fingerprint density at radius 1 is 0.879 bits per heavy atom. The Kier molecular flexibility index (Phi) is 12.2. The van der Waals surface area contributed by atoms with Crippen molar-refractivity contribution in [2.45, 2.75) is 29.6 Å². The highest BCUT2D eigenvalue weighted by Gasteiger charge is 2.77. The lowest BCUT2D eigenvalue weighted by atomic mass is 9.70. The van der Waals surface area contributed by atoms with Gasteiger partial charge in [0.25, 0.3) is 0 Å². The molecule has 304 valence electrons. The van der Waals surface area contributed by atoms with Crippen LogP contribution in [0.2, 0.25) is 0 Å². The van der Waals surface area contributed by atoms with E-state index in [1.165, 1.54) is 13.2 Å². The van der Waals surface area contributed by atoms with Crippen LogP contribution < -0.4 is 30.6 Å². The number of ether oxygens (including phenoxy) is 4. The molecule has 5 atom stereocenters. The molecule has 1 aliphatic carbocycles. The first-order valence-corrected chi connectivity index (χ1v) is 19.8. The standard InChI is InChI=1S/C44H46BrN3O10/c1-48(2)31-13-15-33-28(24-38(50)57-35(33)25-31)23-37(49)46-17-19-55-21-22-56-20-18-47-42(52)39-40(27-7-5-4-6-8-27)44(29-9-11-30(45)12-10-29)43(53,41(39)51)34-16-14-32(54-3)26-36(34)58-44/h4-16,24-26,39-41,51,53H,17-23H2,1-3H3,(H,46,49)(H,47,52)/t39-,40-,41-,43+,44+/m1/s1. The highest BCUT2D eigenvalue weighted by atomic mass is 79.9. The Hall–Kier alpha value is -5.25. The second-order valence-electron chi connectivity index (χ2n) is 14.5. The number of methoxy groups -OCH3 is 1. The van der Waals surface area contributed by atoms with Crippen LogP contribution >= 0.6 is 15.9 Å². The first-order chi connectivity index (χ1) is 28.0. The van der Waals surface area contributed by atoms with Crippen LogP contribution in [0.5, 0.6) is 11.5 Å². The molecule has 5 aromatic rings. The molecule has 1 aliphatic heterocycles. The van der Waals surface area contributed by atoms with Crippen LogP contribution in [0.25, 0.3) is 11.0 Å². The minimum absolute atomic E-state index is 0.0161. The number of nitrogens with one attached hydrogen (secondary N) is 2. The molecule has 1 fully saturated rings. The van der Waals surface area contributed by atoms with Crippen LogP contribution in [-0.4, -0.2) is 88.9 Å². The average molecular weight is 857 g/mol. The topological polar surface area (TPSA) is 169 Å². The number of hydrogen-bond acceptors (Lipinski definition) is 11. The first-order valence-electron chi connectivity index (χ1n) is 19.0. The normalized spacial score (nSPS) is 21.9. The second-order valence-corrected chi connectivity index (χ2v) is 15.5. The summed E-state index contributed by atoms with van der Waals surface area (Å²) < 4.78 is 29.8. The van der Waals surface area contributed by atoms with Gasteiger partial charge >= 0.3 is 5.63 Å². The van der Waals surface area contributed by atoms with Gasteiger partial charge in [-0.3, -0.25) is 9.59 Å². The molecular formula is C44H46BrN3O10. The summed E-state index contributed by atoms with van der Waals surface area (Å²) in [6.45, 7) is 1.31. The Morgan fingerprint density at radius 3 is 2.28 bits per heavy atom. The lowest BCUT2D eigenvalue weighted by molar-refractivity contribution is -0.154. The van der Waals surface area contributed by atoms with Crippen molar-refractivity contribution in [2.24, 2.45) is 5.92 Å². The largest absolute Gasteiger partial charge is 0.497 e. The zero-order valence-corrected chi connectivity index (χ0v) is 34.0. The molecule has 14 heteroatoms. The SMILES string of the molecule is COc1ccc2c(c1)O[C@@]1(c3ccc(Br)cc3)[C@H](c3ccccc3)[C@@H](C(=O)NCCOCCOCCNC(=O)Cc3cc(=O)oc4cc(N(C)C)ccc34)[C@@H](O)[C@@]21O. The third kappa shape index (κ3) is 7.70. The number of aliphatic hydroxyl groups excluding tert-OH is 1. The Balaban J connectivity index is 0.931. The molecule has 1 saturated carbocycles. The van der Waals surface area contributed by atoms with E-state index < -0.39 is 40.7 Å². The number of hydrogen-bond donors (Lipinski definition) is 4. The van der Waals surface area contributed by atoms with Gasteiger partial charge in [-0.15, -0.1) is 0 Å². The number of carbonyl (C=O) groups excluding carboxylic acids is 2. The van der Waals surface area contributed by atoms with Gasteiger partial charge in [0.1, 0.15) is 23.2 Å². The number of nitrogens with zero attached hydrogens (tertiary/aromatic N) is 1. The number of fused-ring (bicyclic) bond motifs is 4. The maximum Gasteiger partial charge on any atom is 0.336 e. The van der Waals surface area contributed by atoms with Crippen molar-refractivity contribution >= 4 is 44.4 Å². The van der Waals surface area contributed by atoms with E-state index in [1.54, 1.807) is 24.3 Å². The molecule has 0 saturated heterocycles. The van der Waals surface area contributed by atoms with Gasteiger partial charge in [0.2, 0.25) is 11.8 Å². The molecule has 1 aromatic heterocycles. The summed E-state index contributed by atoms with van der Waals surface area (Å²) in [5.41, 5.74) is -0.566. The predicted octanol–water partition coefficient (Wildman–Crippen LogP) is 4.39. The van der Waals surface area contributed by atoms with Crippen molar-refractivity contribution in [1.29, 1.82) is 0 Å². The lowest BCUT2D eigenvalue weighted by Crippen LogP contribution is -2.52. The summed E-state index contributed by atoms with van der Waals surface area (Å²) in [6, 6.07) is 28.6. The van der Waals surface area contributed by atoms with Crippen molar-refractivity contribution in [3.05, 3.63) is 134 Å². The summed E-state index contributed by atoms with van der Waals surface area (Å²) >= 11 is 3.50. The van der Waals surface area contributed by atoms with E-state index in [1.807, 2.05) is 85.7 Å². The smallest absolute Gasteiger partial charge is 0.336 e. The van der Waals surface area contributed by atoms with E-state index >= 15 is 0 Å². The minimum Gasteiger partial charge on any atom is -0.497 e. The summed E-state index contributed by atoms with van der Waals surface area (Å²) in [6.07, 6.45) is -1.55. The van der Waals surface area contributed by atoms with E-state index in [4.69, 9.17) is 23.4 Å². The van der Waals surface area contributed by atoms with Crippen LogP contribution in [0.4, 0.5) is 5.69 Å². The summed E-state index contributed by atoms with van der Waals surface area (Å²) in [7, 11) is 5.32. The van der Waals surface area contributed by atoms with Crippen LogP contribution in [0.3, 0.4) is 0 Å². The van der Waals surface area contributed by atoms with Crippen molar-refractivity contribution in [2.75, 3.05) is 65.6 Å². The predicted molar refractivity (Wildman–Crippen MR) is 220 cm³/mol. The number of halogens is 1. The second kappa shape index (κ2) is 17.3. The number of aliphatic hydroxyl groups is 2. The van der Waals surface area contributed by atoms with Crippen molar-refractivity contribution < 1.29 is 43.2 Å². The van der Waals surface area contributed by atoms with Gasteiger partial charge in [-0.2, -0.15) is 0 Å². The van der Waals surface area contributed by atoms with Crippen LogP contribution in [0.15, 0.2) is 111 Å². The third-order valence-electron chi connectivity index (χ3n) is 10.9. The number of carbonyl (C=O) groups is 2. The fraction of sp³-hybridized carbons (Fsp3) is 0.341. The summed E-state index contributed by atoms with van der Waals surface area (Å²) in [4.78, 5) is 40.9. The van der Waals surface area contributed by atoms with E-state index in [-0.39, 0.29) is 51.8 Å². The van der Waals surface area contributed by atoms with E-state index in [9.17, 15) is 24.6 Å². The molecule has 0 spiro atoms. The quantitative estimate of drug-likeness (QED) is 0.0821. The van der Waals surface area contributed by atoms with Gasteiger partial charge in [0, 0.05) is 72.4 Å². The monoisotopic (exact) mass is 855 g/mol. The summed E-state index contributed by atoms with van der Waals surface area (Å²) in [5.74, 6) is -1.76. The van der Waals surface area contributed by atoms with Gasteiger partial charge in [-0.25, -0.2) is 4.79 Å². The highest BCUT2D eigenvalue weighted by Crippen LogP contribution is 2.68. The maximum absolute atomic E-state index is 14.1. The van der Waals surface area contributed by atoms with E-state index in [2.05, 4.69) is 26.6 Å². The number of amides is 2. The molecule has 7 rings (SSSR count). The number of rotatable bonds is 16. The van der Waals surface area contributed by atoms with Crippen molar-refractivity contribution in [3.8, 4) is 11.5 Å². The molecule has 4 N–H and O–H groups in total. The molecule has 2 aliphatic rings. The average Bonchev–Trinajstić information content (AvgIpc) is 3.59. The van der Waals surface area contributed by atoms with E-state index in [0.717, 1.165) is 10.2 Å². The van der Waals surface area contributed by atoms with Gasteiger partial charge in [-0.05, 0) is 53.1 Å². The molecule has 2 amide bonds. The molecular weight excluding hydrogens is 810 g/mol. The highest BCUT2D eigenvalue weighted by molar-refractivity contribution is 9.10. The third-order valence-corrected chi connectivity index (χ3v) is 11.4. The molecule has 0 bridgehead atoms. The molecule has 2 heterocycles. The van der Waals surface area contributed by atoms with Crippen LogP contribution in [0.1, 0.15) is 28.2 Å². The van der Waals surface area contributed by atoms with Gasteiger partial charge in [-0.1, -0.05) is 58.4 Å². The van der Waals surface area contributed by atoms with Crippen molar-refractivity contribution in [1.82, 2.24) is 10.6 Å². The Morgan fingerprint density at radius 2 is 1.59 bits per heavy atom. The molecule has 58 heavy (non-hydrogen) atoms. The molecule has 0 unspecified atom stereocenters. The van der Waals surface area contributed by atoms with Gasteiger partial charge in [0.05, 0.1) is 45.9 Å². The zero-order chi connectivity index (χ0) is 41.0. The van der Waals surface area contributed by atoms with Gasteiger partial charge < -0.3 is 49.1 Å². The van der Waals surface area contributed by atoms with E-state index in [0.29, 0.717) is 44.7 Å². The fourth-order valence-corrected chi connectivity index (χ4v) is 8.50. The Bertz CT molecular complexity index is 2320. The Labute approximate surface area is 344 Å².